The first-order chi connectivity index (χ1) is 9.55. The second kappa shape index (κ2) is 6.44. The van der Waals surface area contributed by atoms with Crippen LogP contribution in [-0.2, 0) is 4.79 Å². The highest BCUT2D eigenvalue weighted by Gasteiger charge is 2.41. The molecule has 4 nitrogen and oxygen atoms in total. The summed E-state index contributed by atoms with van der Waals surface area (Å²) >= 11 is 0. The van der Waals surface area contributed by atoms with E-state index >= 15 is 0 Å². The molecule has 1 aliphatic carbocycles. The van der Waals surface area contributed by atoms with E-state index in [9.17, 15) is 4.79 Å². The summed E-state index contributed by atoms with van der Waals surface area (Å²) in [5.74, 6) is 0.261. The highest BCUT2D eigenvalue weighted by Crippen LogP contribution is 2.33. The van der Waals surface area contributed by atoms with E-state index in [1.54, 1.807) is 0 Å². The van der Waals surface area contributed by atoms with Gasteiger partial charge in [0.05, 0.1) is 5.41 Å². The van der Waals surface area contributed by atoms with Crippen molar-refractivity contribution in [1.29, 1.82) is 0 Å². The van der Waals surface area contributed by atoms with Crippen molar-refractivity contribution >= 4 is 5.91 Å². The monoisotopic (exact) mass is 281 g/mol. The molecule has 0 bridgehead atoms. The molecule has 20 heavy (non-hydrogen) atoms. The number of nitrogens with zero attached hydrogens (tertiary/aromatic N) is 1. The van der Waals surface area contributed by atoms with Crippen LogP contribution in [0.1, 0.15) is 51.9 Å². The lowest BCUT2D eigenvalue weighted by Gasteiger charge is -2.43. The zero-order chi connectivity index (χ0) is 14.6. The van der Waals surface area contributed by atoms with Gasteiger partial charge in [-0.25, -0.2) is 0 Å². The predicted molar refractivity (Wildman–Crippen MR) is 82.7 cm³/mol. The van der Waals surface area contributed by atoms with Gasteiger partial charge in [-0.1, -0.05) is 26.2 Å². The number of carbonyl (C=O) groups is 1. The lowest BCUT2D eigenvalue weighted by atomic mass is 9.79. The van der Waals surface area contributed by atoms with E-state index in [2.05, 4.69) is 36.6 Å². The molecule has 1 saturated heterocycles. The molecule has 0 radical (unpaired) electrons. The number of nitrogens with one attached hydrogen (secondary N) is 2. The second-order valence-corrected chi connectivity index (χ2v) is 6.92. The Morgan fingerprint density at radius 1 is 1.20 bits per heavy atom. The van der Waals surface area contributed by atoms with Gasteiger partial charge in [-0.3, -0.25) is 4.79 Å². The fourth-order valence-corrected chi connectivity index (χ4v) is 3.82. The van der Waals surface area contributed by atoms with Crippen molar-refractivity contribution in [2.75, 3.05) is 33.7 Å². The van der Waals surface area contributed by atoms with Crippen LogP contribution in [0.2, 0.25) is 0 Å². The zero-order valence-electron chi connectivity index (χ0n) is 13.4. The molecule has 1 saturated carbocycles. The van der Waals surface area contributed by atoms with Crippen molar-refractivity contribution in [2.24, 2.45) is 5.41 Å². The molecule has 2 N–H and O–H groups in total. The maximum atomic E-state index is 12.6. The molecule has 116 valence electrons. The predicted octanol–water partition coefficient (Wildman–Crippen LogP) is 1.76. The maximum absolute atomic E-state index is 12.6. The van der Waals surface area contributed by atoms with Crippen molar-refractivity contribution in [3.63, 3.8) is 0 Å². The Balaban J connectivity index is 1.97. The molecule has 1 heterocycles. The Kier molecular flexibility index (Phi) is 5.08. The van der Waals surface area contributed by atoms with Crippen LogP contribution in [0.3, 0.4) is 0 Å². The Labute approximate surface area is 123 Å². The summed E-state index contributed by atoms with van der Waals surface area (Å²) in [5, 5.41) is 6.63. The summed E-state index contributed by atoms with van der Waals surface area (Å²) in [6.45, 7) is 4.75. The van der Waals surface area contributed by atoms with Gasteiger partial charge >= 0.3 is 0 Å². The Morgan fingerprint density at radius 3 is 2.40 bits per heavy atom. The van der Waals surface area contributed by atoms with E-state index < -0.39 is 0 Å². The van der Waals surface area contributed by atoms with E-state index in [0.29, 0.717) is 0 Å². The molecular formula is C16H31N3O. The van der Waals surface area contributed by atoms with Gasteiger partial charge in [0.1, 0.15) is 0 Å². The van der Waals surface area contributed by atoms with Gasteiger partial charge in [-0.05, 0) is 46.3 Å². The fourth-order valence-electron chi connectivity index (χ4n) is 3.82. The minimum Gasteiger partial charge on any atom is -0.354 e. The normalized spacial score (nSPS) is 29.6. The summed E-state index contributed by atoms with van der Waals surface area (Å²) in [4.78, 5) is 15.0. The molecule has 0 aromatic rings. The number of amides is 1. The molecule has 1 atom stereocenters. The van der Waals surface area contributed by atoms with E-state index in [1.807, 2.05) is 0 Å². The van der Waals surface area contributed by atoms with Crippen LogP contribution in [0, 0.1) is 5.41 Å². The Bertz CT molecular complexity index is 329. The lowest BCUT2D eigenvalue weighted by molar-refractivity contribution is -0.131. The summed E-state index contributed by atoms with van der Waals surface area (Å²) < 4.78 is 0. The lowest BCUT2D eigenvalue weighted by Crippen LogP contribution is -2.56. The van der Waals surface area contributed by atoms with Gasteiger partial charge in [-0.15, -0.1) is 0 Å². The number of rotatable bonds is 5. The first-order valence-electron chi connectivity index (χ1n) is 8.21. The summed E-state index contributed by atoms with van der Waals surface area (Å²) in [6.07, 6.45) is 8.23. The van der Waals surface area contributed by atoms with Crippen LogP contribution in [-0.4, -0.2) is 50.1 Å². The standard InChI is InChI=1S/C16H31N3O/c1-4-15(10-11-17-12-15)14(20)18-13-16(19(2)3)8-6-5-7-9-16/h17H,4-13H2,1-3H3,(H,18,20). The molecule has 2 rings (SSSR count). The maximum Gasteiger partial charge on any atom is 0.227 e. The van der Waals surface area contributed by atoms with Crippen molar-refractivity contribution in [1.82, 2.24) is 15.5 Å². The molecule has 2 fully saturated rings. The molecule has 4 heteroatoms. The average Bonchev–Trinajstić information content (AvgIpc) is 2.95. The molecule has 0 aromatic carbocycles. The average molecular weight is 281 g/mol. The summed E-state index contributed by atoms with van der Waals surface area (Å²) in [5.41, 5.74) is 0.0110. The van der Waals surface area contributed by atoms with Crippen LogP contribution >= 0.6 is 0 Å². The molecule has 1 unspecified atom stereocenters. The van der Waals surface area contributed by atoms with Crippen LogP contribution in [0.4, 0.5) is 0 Å². The van der Waals surface area contributed by atoms with E-state index in [4.69, 9.17) is 0 Å². The van der Waals surface area contributed by atoms with E-state index in [1.165, 1.54) is 32.1 Å². The smallest absolute Gasteiger partial charge is 0.227 e. The third-order valence-corrected chi connectivity index (χ3v) is 5.71. The first-order valence-corrected chi connectivity index (χ1v) is 8.21. The third-order valence-electron chi connectivity index (χ3n) is 5.71. The topological polar surface area (TPSA) is 44.4 Å². The van der Waals surface area contributed by atoms with Crippen LogP contribution in [0.25, 0.3) is 0 Å². The summed E-state index contributed by atoms with van der Waals surface area (Å²) in [7, 11) is 4.31. The molecule has 0 spiro atoms. The highest BCUT2D eigenvalue weighted by molar-refractivity contribution is 5.83. The van der Waals surface area contributed by atoms with Gasteiger partial charge in [-0.2, -0.15) is 0 Å². The zero-order valence-corrected chi connectivity index (χ0v) is 13.4. The number of hydrogen-bond donors (Lipinski definition) is 2. The van der Waals surface area contributed by atoms with Crippen molar-refractivity contribution in [3.8, 4) is 0 Å². The molecule has 1 amide bonds. The van der Waals surface area contributed by atoms with E-state index in [0.717, 1.165) is 32.5 Å². The fraction of sp³-hybridized carbons (Fsp3) is 0.938. The second-order valence-electron chi connectivity index (χ2n) is 6.92. The van der Waals surface area contributed by atoms with Crippen LogP contribution in [0.15, 0.2) is 0 Å². The molecule has 0 aromatic heterocycles. The van der Waals surface area contributed by atoms with Crippen LogP contribution < -0.4 is 10.6 Å². The SMILES string of the molecule is CCC1(C(=O)NCC2(N(C)C)CCCCC2)CCNC1. The minimum absolute atomic E-state index is 0.165. The largest absolute Gasteiger partial charge is 0.354 e. The highest BCUT2D eigenvalue weighted by atomic mass is 16.2. The van der Waals surface area contributed by atoms with Gasteiger partial charge in [0.2, 0.25) is 5.91 Å². The molecule has 1 aliphatic heterocycles. The van der Waals surface area contributed by atoms with Crippen molar-refractivity contribution < 1.29 is 4.79 Å². The minimum atomic E-state index is -0.165. The van der Waals surface area contributed by atoms with Crippen molar-refractivity contribution in [2.45, 2.75) is 57.4 Å². The van der Waals surface area contributed by atoms with Gasteiger partial charge in [0.25, 0.3) is 0 Å². The number of hydrogen-bond acceptors (Lipinski definition) is 3. The first kappa shape index (κ1) is 15.8. The van der Waals surface area contributed by atoms with Gasteiger partial charge in [0, 0.05) is 18.6 Å². The van der Waals surface area contributed by atoms with Crippen molar-refractivity contribution in [3.05, 3.63) is 0 Å². The van der Waals surface area contributed by atoms with Crippen LogP contribution in [0.5, 0.6) is 0 Å². The Morgan fingerprint density at radius 2 is 1.90 bits per heavy atom. The van der Waals surface area contributed by atoms with E-state index in [-0.39, 0.29) is 16.9 Å². The quantitative estimate of drug-likeness (QED) is 0.807. The molecular weight excluding hydrogens is 250 g/mol. The number of likely N-dealkylation sites (N-methyl/N-ethyl adjacent to an activating group) is 1. The number of carbonyl (C=O) groups excluding carboxylic acids is 1. The molecule has 2 aliphatic rings. The summed E-state index contributed by atoms with van der Waals surface area (Å²) in [6, 6.07) is 0. The Hall–Kier alpha value is -0.610. The van der Waals surface area contributed by atoms with Gasteiger partial charge in [0.15, 0.2) is 0 Å². The third kappa shape index (κ3) is 3.01. The van der Waals surface area contributed by atoms with Gasteiger partial charge < -0.3 is 15.5 Å².